The topological polar surface area (TPSA) is 92.6 Å². The van der Waals surface area contributed by atoms with Crippen LogP contribution in [0.2, 0.25) is 0 Å². The van der Waals surface area contributed by atoms with Crippen molar-refractivity contribution in [1.82, 2.24) is 10.0 Å². The summed E-state index contributed by atoms with van der Waals surface area (Å²) in [5.74, 6) is -0.974. The van der Waals surface area contributed by atoms with Crippen LogP contribution in [0, 0.1) is 16.3 Å². The fraction of sp³-hybridized carbons (Fsp3) is 0.222. The number of aromatic nitrogens is 1. The van der Waals surface area contributed by atoms with Crippen LogP contribution in [0.15, 0.2) is 28.4 Å². The number of aryl methyl sites for hydroxylation is 1. The van der Waals surface area contributed by atoms with Crippen LogP contribution in [0.4, 0.5) is 15.9 Å². The first-order valence-corrected chi connectivity index (χ1v) is 10.2. The number of hydroxylamine groups is 1. The Labute approximate surface area is 177 Å². The summed E-state index contributed by atoms with van der Waals surface area (Å²) in [6.07, 6.45) is 0. The van der Waals surface area contributed by atoms with Crippen molar-refractivity contribution in [3.8, 4) is 0 Å². The number of pyridine rings is 1. The van der Waals surface area contributed by atoms with Crippen molar-refractivity contribution in [3.63, 3.8) is 0 Å². The second-order valence-corrected chi connectivity index (χ2v) is 8.09. The molecule has 2 aromatic heterocycles. The summed E-state index contributed by atoms with van der Waals surface area (Å²) >= 11 is 3.24. The van der Waals surface area contributed by atoms with Crippen LogP contribution in [0.1, 0.15) is 15.9 Å². The summed E-state index contributed by atoms with van der Waals surface area (Å²) in [5, 5.41) is 13.9. The molecule has 2 heterocycles. The van der Waals surface area contributed by atoms with E-state index in [4.69, 9.17) is 9.94 Å². The monoisotopic (exact) mass is 517 g/mol. The average molecular weight is 517 g/mol. The molecule has 0 aliphatic carbocycles. The van der Waals surface area contributed by atoms with E-state index in [1.807, 2.05) is 22.6 Å². The highest BCUT2D eigenvalue weighted by atomic mass is 127. The van der Waals surface area contributed by atoms with Gasteiger partial charge in [0.05, 0.1) is 29.0 Å². The van der Waals surface area contributed by atoms with Crippen LogP contribution in [-0.2, 0) is 11.9 Å². The highest BCUT2D eigenvalue weighted by Gasteiger charge is 2.24. The van der Waals surface area contributed by atoms with Crippen molar-refractivity contribution in [2.24, 2.45) is 7.05 Å². The number of aliphatic hydroxyl groups is 1. The average Bonchev–Trinajstić information content (AvgIpc) is 3.03. The van der Waals surface area contributed by atoms with E-state index in [1.165, 1.54) is 35.1 Å². The number of nitrogens with one attached hydrogen (secondary N) is 2. The Kier molecular flexibility index (Phi) is 6.33. The fourth-order valence-electron chi connectivity index (χ4n) is 2.73. The normalized spacial score (nSPS) is 11.0. The predicted molar refractivity (Wildman–Crippen MR) is 115 cm³/mol. The van der Waals surface area contributed by atoms with E-state index in [0.29, 0.717) is 13.7 Å². The van der Waals surface area contributed by atoms with Gasteiger partial charge < -0.3 is 10.4 Å². The van der Waals surface area contributed by atoms with Crippen molar-refractivity contribution < 1.29 is 19.1 Å². The number of carbonyl (C=O) groups excluding carboxylic acids is 1. The molecular formula is C18H17FIN3O4S. The van der Waals surface area contributed by atoms with E-state index in [9.17, 15) is 14.0 Å². The molecule has 0 saturated heterocycles. The number of fused-ring (bicyclic) bond motifs is 1. The van der Waals surface area contributed by atoms with E-state index in [-0.39, 0.29) is 35.8 Å². The van der Waals surface area contributed by atoms with Gasteiger partial charge in [0.15, 0.2) is 0 Å². The molecule has 0 atom stereocenters. The minimum absolute atomic E-state index is 0.0847. The molecule has 10 heteroatoms. The third kappa shape index (κ3) is 3.90. The van der Waals surface area contributed by atoms with Gasteiger partial charge in [-0.25, -0.2) is 9.87 Å². The number of hydrogen-bond acceptors (Lipinski definition) is 6. The molecule has 3 rings (SSSR count). The molecule has 0 aliphatic heterocycles. The molecule has 0 unspecified atom stereocenters. The predicted octanol–water partition coefficient (Wildman–Crippen LogP) is 3.05. The zero-order chi connectivity index (χ0) is 20.4. The maximum Gasteiger partial charge on any atom is 0.280 e. The van der Waals surface area contributed by atoms with Crippen LogP contribution in [-0.4, -0.2) is 28.8 Å². The van der Waals surface area contributed by atoms with Crippen molar-refractivity contribution in [1.29, 1.82) is 0 Å². The molecule has 28 heavy (non-hydrogen) atoms. The van der Waals surface area contributed by atoms with Gasteiger partial charge in [-0.3, -0.25) is 19.0 Å². The minimum atomic E-state index is -0.607. The molecular weight excluding hydrogens is 500 g/mol. The summed E-state index contributed by atoms with van der Waals surface area (Å²) in [6, 6.07) is 4.59. The Morgan fingerprint density at radius 3 is 2.86 bits per heavy atom. The van der Waals surface area contributed by atoms with Crippen LogP contribution >= 0.6 is 33.9 Å². The van der Waals surface area contributed by atoms with Gasteiger partial charge >= 0.3 is 0 Å². The first kappa shape index (κ1) is 20.7. The van der Waals surface area contributed by atoms with Crippen LogP contribution in [0.25, 0.3) is 10.1 Å². The van der Waals surface area contributed by atoms with Crippen molar-refractivity contribution in [3.05, 3.63) is 54.4 Å². The van der Waals surface area contributed by atoms with Crippen molar-refractivity contribution >= 4 is 61.4 Å². The Hall–Kier alpha value is -2.02. The van der Waals surface area contributed by atoms with Gasteiger partial charge in [0.1, 0.15) is 17.2 Å². The molecule has 0 aliphatic rings. The highest BCUT2D eigenvalue weighted by molar-refractivity contribution is 14.1. The van der Waals surface area contributed by atoms with Gasteiger partial charge in [-0.15, -0.1) is 11.3 Å². The number of hydrogen-bond donors (Lipinski definition) is 3. The Morgan fingerprint density at radius 2 is 2.18 bits per heavy atom. The summed E-state index contributed by atoms with van der Waals surface area (Å²) in [4.78, 5) is 30.6. The van der Waals surface area contributed by atoms with Gasteiger partial charge in [0.25, 0.3) is 11.5 Å². The van der Waals surface area contributed by atoms with E-state index in [0.717, 1.165) is 5.56 Å². The fourth-order valence-corrected chi connectivity index (χ4v) is 4.27. The van der Waals surface area contributed by atoms with E-state index in [1.54, 1.807) is 18.4 Å². The van der Waals surface area contributed by atoms with E-state index < -0.39 is 11.7 Å². The number of halogens is 2. The Balaban J connectivity index is 2.19. The maximum absolute atomic E-state index is 14.4. The number of carbonyl (C=O) groups is 1. The maximum atomic E-state index is 14.4. The molecule has 7 nitrogen and oxygen atoms in total. The lowest BCUT2D eigenvalue weighted by Crippen LogP contribution is -2.30. The van der Waals surface area contributed by atoms with Gasteiger partial charge in [0, 0.05) is 10.6 Å². The van der Waals surface area contributed by atoms with Crippen molar-refractivity contribution in [2.75, 3.05) is 18.5 Å². The first-order valence-electron chi connectivity index (χ1n) is 8.21. The standard InChI is InChI=1S/C18H17FIN3O4S/c1-9-8-28-15-13(9)18(26)23(2)16(14(15)17(25)22-27-6-5-24)21-12-4-3-10(20)7-11(12)19/h3-4,7-8,21,24H,5-6H2,1-2H3,(H,22,25). The molecule has 0 saturated carbocycles. The molecule has 1 amide bonds. The minimum Gasteiger partial charge on any atom is -0.394 e. The summed E-state index contributed by atoms with van der Waals surface area (Å²) in [6.45, 7) is 1.44. The van der Waals surface area contributed by atoms with Crippen LogP contribution in [0.5, 0.6) is 0 Å². The SMILES string of the molecule is Cc1csc2c(C(=O)NOCCO)c(Nc3ccc(I)cc3F)n(C)c(=O)c12. The molecule has 3 aromatic rings. The number of aliphatic hydroxyl groups excluding tert-OH is 1. The highest BCUT2D eigenvalue weighted by Crippen LogP contribution is 2.32. The zero-order valence-corrected chi connectivity index (χ0v) is 18.0. The first-order chi connectivity index (χ1) is 13.3. The second-order valence-electron chi connectivity index (χ2n) is 5.96. The van der Waals surface area contributed by atoms with Crippen LogP contribution < -0.4 is 16.4 Å². The summed E-state index contributed by atoms with van der Waals surface area (Å²) in [7, 11) is 1.51. The van der Waals surface area contributed by atoms with E-state index >= 15 is 0 Å². The largest absolute Gasteiger partial charge is 0.394 e. The lowest BCUT2D eigenvalue weighted by Gasteiger charge is -2.17. The number of rotatable bonds is 6. The van der Waals surface area contributed by atoms with Gasteiger partial charge in [-0.1, -0.05) is 0 Å². The molecule has 148 valence electrons. The number of amides is 1. The number of thiophene rings is 1. The zero-order valence-electron chi connectivity index (χ0n) is 15.0. The van der Waals surface area contributed by atoms with Crippen LogP contribution in [0.3, 0.4) is 0 Å². The molecule has 0 spiro atoms. The lowest BCUT2D eigenvalue weighted by molar-refractivity contribution is 0.0170. The van der Waals surface area contributed by atoms with E-state index in [2.05, 4.69) is 10.8 Å². The number of benzene rings is 1. The molecule has 0 radical (unpaired) electrons. The number of nitrogens with zero attached hydrogens (tertiary/aromatic N) is 1. The van der Waals surface area contributed by atoms with Gasteiger partial charge in [0.2, 0.25) is 0 Å². The quantitative estimate of drug-likeness (QED) is 0.266. The Morgan fingerprint density at radius 1 is 1.43 bits per heavy atom. The lowest BCUT2D eigenvalue weighted by atomic mass is 10.1. The summed E-state index contributed by atoms with van der Waals surface area (Å²) in [5.41, 5.74) is 3.00. The van der Waals surface area contributed by atoms with Crippen molar-refractivity contribution in [2.45, 2.75) is 6.92 Å². The summed E-state index contributed by atoms with van der Waals surface area (Å²) < 4.78 is 16.8. The molecule has 0 bridgehead atoms. The second kappa shape index (κ2) is 8.55. The van der Waals surface area contributed by atoms with Gasteiger partial charge in [-0.2, -0.15) is 0 Å². The van der Waals surface area contributed by atoms with Gasteiger partial charge in [-0.05, 0) is 58.7 Å². The third-order valence-electron chi connectivity index (χ3n) is 4.06. The third-order valence-corrected chi connectivity index (χ3v) is 5.85. The molecule has 3 N–H and O–H groups in total. The smallest absolute Gasteiger partial charge is 0.280 e. The Bertz CT molecular complexity index is 1110. The molecule has 1 aromatic carbocycles. The molecule has 0 fully saturated rings. The number of anilines is 2.